The molecule has 1 amide bonds. The number of benzene rings is 2. The SMILES string of the molecule is CCOc1ccc(N(Cc2cc3ccc(C)cc3[nH]c2=O)C(=O)c2ccco2)cc1. The van der Waals surface area contributed by atoms with E-state index in [-0.39, 0.29) is 23.8 Å². The quantitative estimate of drug-likeness (QED) is 0.508. The summed E-state index contributed by atoms with van der Waals surface area (Å²) in [7, 11) is 0. The van der Waals surface area contributed by atoms with Crippen molar-refractivity contribution in [3.8, 4) is 5.75 Å². The predicted molar refractivity (Wildman–Crippen MR) is 116 cm³/mol. The summed E-state index contributed by atoms with van der Waals surface area (Å²) < 4.78 is 10.8. The maximum absolute atomic E-state index is 13.1. The van der Waals surface area contributed by atoms with Gasteiger partial charge in [-0.3, -0.25) is 9.59 Å². The Morgan fingerprint density at radius 2 is 1.90 bits per heavy atom. The molecule has 0 aliphatic rings. The number of pyridine rings is 1. The lowest BCUT2D eigenvalue weighted by Crippen LogP contribution is -2.32. The molecule has 0 bridgehead atoms. The van der Waals surface area contributed by atoms with E-state index < -0.39 is 0 Å². The number of nitrogens with one attached hydrogen (secondary N) is 1. The number of hydrogen-bond donors (Lipinski definition) is 1. The number of nitrogens with zero attached hydrogens (tertiary/aromatic N) is 1. The number of anilines is 1. The molecule has 0 saturated carbocycles. The topological polar surface area (TPSA) is 75.5 Å². The first-order valence-electron chi connectivity index (χ1n) is 9.76. The third kappa shape index (κ3) is 3.98. The highest BCUT2D eigenvalue weighted by Gasteiger charge is 2.22. The number of fused-ring (bicyclic) bond motifs is 1. The molecule has 0 aliphatic heterocycles. The summed E-state index contributed by atoms with van der Waals surface area (Å²) in [5.74, 6) is 0.592. The van der Waals surface area contributed by atoms with Gasteiger partial charge in [0.15, 0.2) is 5.76 Å². The summed E-state index contributed by atoms with van der Waals surface area (Å²) in [6, 6.07) is 18.2. The first kappa shape index (κ1) is 19.5. The van der Waals surface area contributed by atoms with Gasteiger partial charge in [-0.05, 0) is 73.3 Å². The Morgan fingerprint density at radius 1 is 1.10 bits per heavy atom. The highest BCUT2D eigenvalue weighted by molar-refractivity contribution is 6.04. The lowest BCUT2D eigenvalue weighted by molar-refractivity contribution is 0.0958. The monoisotopic (exact) mass is 402 g/mol. The third-order valence-corrected chi connectivity index (χ3v) is 4.84. The molecule has 4 aromatic rings. The van der Waals surface area contributed by atoms with Crippen LogP contribution in [0.2, 0.25) is 0 Å². The minimum absolute atomic E-state index is 0.104. The maximum atomic E-state index is 13.1. The minimum atomic E-state index is -0.326. The number of H-pyrrole nitrogens is 1. The molecular weight excluding hydrogens is 380 g/mol. The van der Waals surface area contributed by atoms with Gasteiger partial charge >= 0.3 is 0 Å². The zero-order valence-corrected chi connectivity index (χ0v) is 16.8. The zero-order chi connectivity index (χ0) is 21.1. The van der Waals surface area contributed by atoms with E-state index in [2.05, 4.69) is 4.98 Å². The van der Waals surface area contributed by atoms with Gasteiger partial charge in [-0.25, -0.2) is 0 Å². The van der Waals surface area contributed by atoms with Crippen molar-refractivity contribution in [3.63, 3.8) is 0 Å². The Kier molecular flexibility index (Phi) is 5.39. The number of ether oxygens (including phenoxy) is 1. The molecule has 0 atom stereocenters. The summed E-state index contributed by atoms with van der Waals surface area (Å²) in [4.78, 5) is 30.3. The second-order valence-corrected chi connectivity index (χ2v) is 7.01. The number of furan rings is 1. The average molecular weight is 402 g/mol. The molecule has 2 heterocycles. The van der Waals surface area contributed by atoms with E-state index in [0.29, 0.717) is 23.6 Å². The molecule has 6 nitrogen and oxygen atoms in total. The smallest absolute Gasteiger partial charge is 0.294 e. The average Bonchev–Trinajstić information content (AvgIpc) is 3.28. The minimum Gasteiger partial charge on any atom is -0.494 e. The van der Waals surface area contributed by atoms with Crippen LogP contribution in [0.25, 0.3) is 10.9 Å². The fraction of sp³-hybridized carbons (Fsp3) is 0.167. The number of aromatic nitrogens is 1. The van der Waals surface area contributed by atoms with Gasteiger partial charge in [0.25, 0.3) is 11.5 Å². The third-order valence-electron chi connectivity index (χ3n) is 4.84. The van der Waals surface area contributed by atoms with Crippen LogP contribution in [0.3, 0.4) is 0 Å². The number of aryl methyl sites for hydroxylation is 1. The van der Waals surface area contributed by atoms with Crippen molar-refractivity contribution in [2.45, 2.75) is 20.4 Å². The fourth-order valence-electron chi connectivity index (χ4n) is 3.35. The Hall–Kier alpha value is -3.80. The Morgan fingerprint density at radius 3 is 2.60 bits per heavy atom. The molecule has 6 heteroatoms. The molecule has 0 fully saturated rings. The highest BCUT2D eigenvalue weighted by atomic mass is 16.5. The summed E-state index contributed by atoms with van der Waals surface area (Å²) in [6.07, 6.45) is 1.45. The molecule has 30 heavy (non-hydrogen) atoms. The molecule has 0 unspecified atom stereocenters. The van der Waals surface area contributed by atoms with Crippen molar-refractivity contribution in [2.24, 2.45) is 0 Å². The van der Waals surface area contributed by atoms with Gasteiger partial charge in [-0.15, -0.1) is 0 Å². The van der Waals surface area contributed by atoms with E-state index in [0.717, 1.165) is 16.5 Å². The first-order chi connectivity index (χ1) is 14.5. The molecule has 0 aliphatic carbocycles. The van der Waals surface area contributed by atoms with Gasteiger partial charge in [0.1, 0.15) is 5.75 Å². The largest absolute Gasteiger partial charge is 0.494 e. The van der Waals surface area contributed by atoms with Crippen molar-refractivity contribution in [1.29, 1.82) is 0 Å². The molecule has 1 N–H and O–H groups in total. The van der Waals surface area contributed by atoms with Crippen LogP contribution in [-0.2, 0) is 6.54 Å². The van der Waals surface area contributed by atoms with E-state index in [1.54, 1.807) is 36.4 Å². The molecule has 0 saturated heterocycles. The lowest BCUT2D eigenvalue weighted by Gasteiger charge is -2.22. The van der Waals surface area contributed by atoms with Crippen molar-refractivity contribution < 1.29 is 13.9 Å². The molecule has 0 spiro atoms. The zero-order valence-electron chi connectivity index (χ0n) is 16.8. The van der Waals surface area contributed by atoms with E-state index >= 15 is 0 Å². The number of aromatic amines is 1. The highest BCUT2D eigenvalue weighted by Crippen LogP contribution is 2.24. The van der Waals surface area contributed by atoms with Crippen molar-refractivity contribution in [1.82, 2.24) is 4.98 Å². The maximum Gasteiger partial charge on any atom is 0.294 e. The second-order valence-electron chi connectivity index (χ2n) is 7.01. The van der Waals surface area contributed by atoms with Gasteiger partial charge < -0.3 is 19.0 Å². The summed E-state index contributed by atoms with van der Waals surface area (Å²) in [5, 5.41) is 0.910. The van der Waals surface area contributed by atoms with Crippen LogP contribution in [0.15, 0.2) is 76.1 Å². The van der Waals surface area contributed by atoms with Crippen molar-refractivity contribution in [3.05, 3.63) is 94.2 Å². The summed E-state index contributed by atoms with van der Waals surface area (Å²) >= 11 is 0. The number of amides is 1. The molecule has 4 rings (SSSR count). The number of carbonyl (C=O) groups is 1. The van der Waals surface area contributed by atoms with Gasteiger partial charge in [-0.1, -0.05) is 12.1 Å². The summed E-state index contributed by atoms with van der Waals surface area (Å²) in [6.45, 7) is 4.54. The fourth-order valence-corrected chi connectivity index (χ4v) is 3.35. The van der Waals surface area contributed by atoms with Gasteiger partial charge in [0.2, 0.25) is 0 Å². The molecule has 152 valence electrons. The van der Waals surface area contributed by atoms with E-state index in [1.807, 2.05) is 38.1 Å². The van der Waals surface area contributed by atoms with Crippen LogP contribution < -0.4 is 15.2 Å². The Bertz CT molecular complexity index is 1220. The van der Waals surface area contributed by atoms with Crippen molar-refractivity contribution in [2.75, 3.05) is 11.5 Å². The van der Waals surface area contributed by atoms with Crippen LogP contribution >= 0.6 is 0 Å². The van der Waals surface area contributed by atoms with E-state index in [4.69, 9.17) is 9.15 Å². The van der Waals surface area contributed by atoms with Crippen molar-refractivity contribution >= 4 is 22.5 Å². The molecule has 0 radical (unpaired) electrons. The van der Waals surface area contributed by atoms with Gasteiger partial charge in [0.05, 0.1) is 19.4 Å². The van der Waals surface area contributed by atoms with Crippen LogP contribution in [0, 0.1) is 6.92 Å². The van der Waals surface area contributed by atoms with Crippen LogP contribution in [0.4, 0.5) is 5.69 Å². The molecule has 2 aromatic carbocycles. The standard InChI is InChI=1S/C24H22N2O4/c1-3-29-20-10-8-19(9-11-20)26(24(28)22-5-4-12-30-22)15-18-14-17-7-6-16(2)13-21(17)25-23(18)27/h4-14H,3,15H2,1-2H3,(H,25,27). The molecule has 2 aromatic heterocycles. The number of rotatable bonds is 6. The number of hydrogen-bond acceptors (Lipinski definition) is 4. The summed E-state index contributed by atoms with van der Waals surface area (Å²) in [5.41, 5.74) is 2.74. The van der Waals surface area contributed by atoms with E-state index in [9.17, 15) is 9.59 Å². The van der Waals surface area contributed by atoms with Gasteiger partial charge in [-0.2, -0.15) is 0 Å². The van der Waals surface area contributed by atoms with Crippen LogP contribution in [0.5, 0.6) is 5.75 Å². The lowest BCUT2D eigenvalue weighted by atomic mass is 10.1. The number of carbonyl (C=O) groups excluding carboxylic acids is 1. The van der Waals surface area contributed by atoms with E-state index in [1.165, 1.54) is 11.2 Å². The van der Waals surface area contributed by atoms with Crippen LogP contribution in [-0.4, -0.2) is 17.5 Å². The first-order valence-corrected chi connectivity index (χ1v) is 9.76. The Labute approximate surface area is 173 Å². The normalized spacial score (nSPS) is 10.9. The van der Waals surface area contributed by atoms with Crippen LogP contribution in [0.1, 0.15) is 28.6 Å². The molecular formula is C24H22N2O4. The Balaban J connectivity index is 1.73. The second kappa shape index (κ2) is 8.29. The van der Waals surface area contributed by atoms with Gasteiger partial charge in [0, 0.05) is 16.8 Å². The predicted octanol–water partition coefficient (Wildman–Crippen LogP) is 4.68.